The molecule has 6 nitrogen and oxygen atoms in total. The number of nitrogens with two attached hydrogens (primary N) is 1. The number of anilines is 1. The molecule has 0 bridgehead atoms. The smallest absolute Gasteiger partial charge is 0.247 e. The molecule has 0 saturated heterocycles. The van der Waals surface area contributed by atoms with Gasteiger partial charge in [-0.2, -0.15) is 0 Å². The number of amides is 1. The van der Waals surface area contributed by atoms with Crippen molar-refractivity contribution in [2.45, 2.75) is 19.4 Å². The number of carbonyl (C=O) groups excluding carboxylic acids is 1. The number of hydrogen-bond donors (Lipinski definition) is 2. The Labute approximate surface area is 116 Å². The van der Waals surface area contributed by atoms with Crippen LogP contribution in [0.2, 0.25) is 0 Å². The van der Waals surface area contributed by atoms with E-state index in [0.717, 1.165) is 11.1 Å². The van der Waals surface area contributed by atoms with Crippen molar-refractivity contribution in [1.82, 2.24) is 10.2 Å². The molecule has 1 amide bonds. The van der Waals surface area contributed by atoms with E-state index in [2.05, 4.69) is 22.1 Å². The predicted molar refractivity (Wildman–Crippen MR) is 75.9 cm³/mol. The molecule has 1 atom stereocenters. The Hall–Kier alpha value is -2.47. The van der Waals surface area contributed by atoms with Crippen molar-refractivity contribution in [1.29, 1.82) is 0 Å². The van der Waals surface area contributed by atoms with Gasteiger partial charge in [-0.25, -0.2) is 0 Å². The summed E-state index contributed by atoms with van der Waals surface area (Å²) in [7, 11) is 0. The molecule has 0 spiro atoms. The highest BCUT2D eigenvalue weighted by Gasteiger charge is 2.13. The van der Waals surface area contributed by atoms with Gasteiger partial charge in [0.1, 0.15) is 0 Å². The Morgan fingerprint density at radius 1 is 1.60 bits per heavy atom. The molecule has 6 heteroatoms. The van der Waals surface area contributed by atoms with Crippen molar-refractivity contribution in [2.24, 2.45) is 5.73 Å². The monoisotopic (exact) mass is 272 g/mol. The van der Waals surface area contributed by atoms with E-state index in [1.165, 1.54) is 6.39 Å². The summed E-state index contributed by atoms with van der Waals surface area (Å²) in [5.74, 6) is 0.202. The molecule has 2 aromatic rings. The summed E-state index contributed by atoms with van der Waals surface area (Å²) in [5, 5.41) is 10.3. The van der Waals surface area contributed by atoms with Gasteiger partial charge in [0.15, 0.2) is 0 Å². The van der Waals surface area contributed by atoms with Crippen LogP contribution in [-0.2, 0) is 4.79 Å². The first-order chi connectivity index (χ1) is 9.61. The van der Waals surface area contributed by atoms with Crippen LogP contribution in [0, 0.1) is 6.92 Å². The molecular formula is C14H16N4O2. The van der Waals surface area contributed by atoms with Crippen molar-refractivity contribution in [3.63, 3.8) is 0 Å². The van der Waals surface area contributed by atoms with E-state index < -0.39 is 6.04 Å². The molecule has 1 aromatic heterocycles. The number of nitrogens with zero attached hydrogens (tertiary/aromatic N) is 2. The van der Waals surface area contributed by atoms with Crippen LogP contribution in [-0.4, -0.2) is 22.1 Å². The Kier molecular flexibility index (Phi) is 4.27. The standard InChI is InChI=1S/C14H16N4O2/c1-3-4-11(15)13(19)17-12-6-5-10(7-9(12)2)14-18-16-8-20-14/h3,5-8,11H,1,4,15H2,2H3,(H,17,19). The van der Waals surface area contributed by atoms with Crippen LogP contribution >= 0.6 is 0 Å². The number of nitrogens with one attached hydrogen (secondary N) is 1. The summed E-state index contributed by atoms with van der Waals surface area (Å²) in [6.45, 7) is 5.45. The minimum absolute atomic E-state index is 0.237. The molecule has 0 saturated carbocycles. The van der Waals surface area contributed by atoms with Crippen LogP contribution < -0.4 is 11.1 Å². The van der Waals surface area contributed by atoms with Crippen LogP contribution in [0.1, 0.15) is 12.0 Å². The van der Waals surface area contributed by atoms with Gasteiger partial charge in [0.05, 0.1) is 6.04 Å². The van der Waals surface area contributed by atoms with E-state index in [9.17, 15) is 4.79 Å². The highest BCUT2D eigenvalue weighted by molar-refractivity contribution is 5.95. The average molecular weight is 272 g/mol. The first kappa shape index (κ1) is 14.0. The van der Waals surface area contributed by atoms with Crippen molar-refractivity contribution in [3.8, 4) is 11.5 Å². The summed E-state index contributed by atoms with van der Waals surface area (Å²) in [4.78, 5) is 11.8. The first-order valence-electron chi connectivity index (χ1n) is 6.16. The third-order valence-electron chi connectivity index (χ3n) is 2.85. The number of rotatable bonds is 5. The Morgan fingerprint density at radius 2 is 2.40 bits per heavy atom. The fourth-order valence-corrected chi connectivity index (χ4v) is 1.75. The summed E-state index contributed by atoms with van der Waals surface area (Å²) in [5.41, 5.74) is 8.11. The third kappa shape index (κ3) is 3.10. The minimum atomic E-state index is -0.595. The lowest BCUT2D eigenvalue weighted by Gasteiger charge is -2.12. The van der Waals surface area contributed by atoms with E-state index in [1.807, 2.05) is 13.0 Å². The van der Waals surface area contributed by atoms with Gasteiger partial charge >= 0.3 is 0 Å². The number of carbonyl (C=O) groups is 1. The second-order valence-corrected chi connectivity index (χ2v) is 4.39. The molecule has 0 radical (unpaired) electrons. The van der Waals surface area contributed by atoms with Crippen molar-refractivity contribution in [3.05, 3.63) is 42.8 Å². The zero-order valence-electron chi connectivity index (χ0n) is 11.2. The number of aromatic nitrogens is 2. The molecule has 0 aliphatic carbocycles. The molecule has 1 unspecified atom stereocenters. The molecule has 0 fully saturated rings. The predicted octanol–water partition coefficient (Wildman–Crippen LogP) is 1.89. The maximum Gasteiger partial charge on any atom is 0.247 e. The SMILES string of the molecule is C=CCC(N)C(=O)Nc1ccc(-c2nnco2)cc1C. The van der Waals surface area contributed by atoms with Gasteiger partial charge in [0.25, 0.3) is 0 Å². The highest BCUT2D eigenvalue weighted by atomic mass is 16.4. The number of aryl methyl sites for hydroxylation is 1. The molecule has 0 aliphatic heterocycles. The van der Waals surface area contributed by atoms with E-state index in [0.29, 0.717) is 18.0 Å². The second kappa shape index (κ2) is 6.12. The molecule has 0 aliphatic rings. The molecular weight excluding hydrogens is 256 g/mol. The van der Waals surface area contributed by atoms with Crippen LogP contribution in [0.5, 0.6) is 0 Å². The lowest BCUT2D eigenvalue weighted by molar-refractivity contribution is -0.117. The lowest BCUT2D eigenvalue weighted by atomic mass is 10.1. The van der Waals surface area contributed by atoms with Gasteiger partial charge < -0.3 is 15.5 Å². The molecule has 104 valence electrons. The van der Waals surface area contributed by atoms with Crippen molar-refractivity contribution < 1.29 is 9.21 Å². The zero-order chi connectivity index (χ0) is 14.5. The fourth-order valence-electron chi connectivity index (χ4n) is 1.75. The van der Waals surface area contributed by atoms with E-state index in [4.69, 9.17) is 10.2 Å². The molecule has 3 N–H and O–H groups in total. The minimum Gasteiger partial charge on any atom is -0.423 e. The van der Waals surface area contributed by atoms with Crippen LogP contribution in [0.3, 0.4) is 0 Å². The van der Waals surface area contributed by atoms with Crippen molar-refractivity contribution >= 4 is 11.6 Å². The molecule has 1 heterocycles. The zero-order valence-corrected chi connectivity index (χ0v) is 11.2. The maximum absolute atomic E-state index is 11.8. The summed E-state index contributed by atoms with van der Waals surface area (Å²) in [6.07, 6.45) is 3.33. The lowest BCUT2D eigenvalue weighted by Crippen LogP contribution is -2.35. The number of hydrogen-bond acceptors (Lipinski definition) is 5. The topological polar surface area (TPSA) is 94.0 Å². The Morgan fingerprint density at radius 3 is 3.00 bits per heavy atom. The van der Waals surface area contributed by atoms with Gasteiger partial charge in [-0.1, -0.05) is 6.08 Å². The van der Waals surface area contributed by atoms with E-state index in [1.54, 1.807) is 18.2 Å². The number of benzene rings is 1. The largest absolute Gasteiger partial charge is 0.423 e. The third-order valence-corrected chi connectivity index (χ3v) is 2.85. The summed E-state index contributed by atoms with van der Waals surface area (Å²) in [6, 6.07) is 4.85. The first-order valence-corrected chi connectivity index (χ1v) is 6.16. The molecule has 1 aromatic carbocycles. The molecule has 2 rings (SSSR count). The second-order valence-electron chi connectivity index (χ2n) is 4.39. The van der Waals surface area contributed by atoms with Crippen LogP contribution in [0.25, 0.3) is 11.5 Å². The average Bonchev–Trinajstić information content (AvgIpc) is 2.95. The van der Waals surface area contributed by atoms with Crippen LogP contribution in [0.4, 0.5) is 5.69 Å². The normalized spacial score (nSPS) is 11.9. The molecule has 20 heavy (non-hydrogen) atoms. The summed E-state index contributed by atoms with van der Waals surface area (Å²) >= 11 is 0. The van der Waals surface area contributed by atoms with E-state index >= 15 is 0 Å². The van der Waals surface area contributed by atoms with Gasteiger partial charge in [-0.05, 0) is 37.1 Å². The quantitative estimate of drug-likeness (QED) is 0.810. The maximum atomic E-state index is 11.8. The van der Waals surface area contributed by atoms with Gasteiger partial charge in [-0.15, -0.1) is 16.8 Å². The fraction of sp³-hybridized carbons (Fsp3) is 0.214. The Bertz CT molecular complexity index is 608. The van der Waals surface area contributed by atoms with Crippen LogP contribution in [0.15, 0.2) is 41.7 Å². The van der Waals surface area contributed by atoms with Gasteiger partial charge in [-0.3, -0.25) is 4.79 Å². The Balaban J connectivity index is 2.14. The van der Waals surface area contributed by atoms with E-state index in [-0.39, 0.29) is 5.91 Å². The highest BCUT2D eigenvalue weighted by Crippen LogP contribution is 2.23. The van der Waals surface area contributed by atoms with Gasteiger partial charge in [0.2, 0.25) is 18.2 Å². The van der Waals surface area contributed by atoms with Gasteiger partial charge in [0, 0.05) is 11.3 Å². The summed E-state index contributed by atoms with van der Waals surface area (Å²) < 4.78 is 5.13. The van der Waals surface area contributed by atoms with Crippen molar-refractivity contribution in [2.75, 3.05) is 5.32 Å².